The minimum atomic E-state index is -0.614. The summed E-state index contributed by atoms with van der Waals surface area (Å²) in [5.74, 6) is -1.14. The number of benzene rings is 1. The van der Waals surface area contributed by atoms with Crippen molar-refractivity contribution >= 4 is 40.8 Å². The fourth-order valence-corrected chi connectivity index (χ4v) is 2.08. The van der Waals surface area contributed by atoms with Crippen molar-refractivity contribution < 1.29 is 14.3 Å². The maximum Gasteiger partial charge on any atom is 0.355 e. The van der Waals surface area contributed by atoms with Crippen molar-refractivity contribution in [3.8, 4) is 0 Å². The largest absolute Gasteiger partial charge is 0.451 e. The molecule has 0 aliphatic heterocycles. The van der Waals surface area contributed by atoms with Crippen LogP contribution in [0.2, 0.25) is 10.0 Å². The Morgan fingerprint density at radius 1 is 1.29 bits per heavy atom. The fourth-order valence-electron chi connectivity index (χ4n) is 1.61. The van der Waals surface area contributed by atoms with E-state index in [0.717, 1.165) is 5.56 Å². The Labute approximate surface area is 131 Å². The molecule has 0 unspecified atom stereocenters. The van der Waals surface area contributed by atoms with E-state index in [0.29, 0.717) is 15.7 Å². The quantitative estimate of drug-likeness (QED) is 0.845. The Bertz CT molecular complexity index is 669. The number of amides is 1. The molecule has 110 valence electrons. The first kappa shape index (κ1) is 15.4. The molecule has 2 rings (SSSR count). The Balaban J connectivity index is 1.97. The third-order valence-electron chi connectivity index (χ3n) is 2.70. The molecule has 1 aromatic heterocycles. The van der Waals surface area contributed by atoms with Gasteiger partial charge < -0.3 is 15.0 Å². The van der Waals surface area contributed by atoms with Crippen molar-refractivity contribution in [2.24, 2.45) is 0 Å². The molecule has 0 aliphatic rings. The van der Waals surface area contributed by atoms with Crippen molar-refractivity contribution in [3.05, 3.63) is 51.8 Å². The van der Waals surface area contributed by atoms with Gasteiger partial charge >= 0.3 is 5.97 Å². The molecule has 0 radical (unpaired) electrons. The molecule has 0 bridgehead atoms. The van der Waals surface area contributed by atoms with Gasteiger partial charge in [-0.05, 0) is 30.7 Å². The summed E-state index contributed by atoms with van der Waals surface area (Å²) >= 11 is 12.1. The van der Waals surface area contributed by atoms with Crippen LogP contribution < -0.4 is 5.32 Å². The molecule has 0 saturated carbocycles. The second-order valence-corrected chi connectivity index (χ2v) is 5.05. The molecule has 2 aromatic rings. The number of halogens is 2. The Morgan fingerprint density at radius 3 is 2.71 bits per heavy atom. The molecule has 0 aliphatic carbocycles. The standard InChI is InChI=1S/C14H12Cl2N2O3/c1-8-4-5-9(15)13(12(8)16)18-11(19)7-21-14(20)10-3-2-6-17-10/h2-6,17H,7H2,1H3,(H,18,19). The molecule has 0 atom stereocenters. The number of hydrogen-bond acceptors (Lipinski definition) is 3. The lowest BCUT2D eigenvalue weighted by Crippen LogP contribution is -2.21. The van der Waals surface area contributed by atoms with Gasteiger partial charge in [-0.15, -0.1) is 0 Å². The van der Waals surface area contributed by atoms with Crippen LogP contribution in [0.1, 0.15) is 16.1 Å². The number of esters is 1. The van der Waals surface area contributed by atoms with E-state index >= 15 is 0 Å². The summed E-state index contributed by atoms with van der Waals surface area (Å²) in [7, 11) is 0. The Morgan fingerprint density at radius 2 is 2.05 bits per heavy atom. The van der Waals surface area contributed by atoms with E-state index in [1.54, 1.807) is 37.4 Å². The van der Waals surface area contributed by atoms with Crippen LogP contribution in [0.25, 0.3) is 0 Å². The van der Waals surface area contributed by atoms with Gasteiger partial charge in [-0.3, -0.25) is 4.79 Å². The molecule has 0 saturated heterocycles. The van der Waals surface area contributed by atoms with Crippen LogP contribution in [-0.4, -0.2) is 23.5 Å². The van der Waals surface area contributed by atoms with Crippen molar-refractivity contribution in [1.29, 1.82) is 0 Å². The van der Waals surface area contributed by atoms with Gasteiger partial charge in [0.15, 0.2) is 6.61 Å². The minimum Gasteiger partial charge on any atom is -0.451 e. The van der Waals surface area contributed by atoms with Gasteiger partial charge in [0, 0.05) is 6.20 Å². The van der Waals surface area contributed by atoms with Gasteiger partial charge in [-0.25, -0.2) is 4.79 Å². The summed E-state index contributed by atoms with van der Waals surface area (Å²) in [5.41, 5.74) is 1.36. The van der Waals surface area contributed by atoms with Crippen molar-refractivity contribution in [2.45, 2.75) is 6.92 Å². The average Bonchev–Trinajstić information content (AvgIpc) is 2.99. The first-order chi connectivity index (χ1) is 9.99. The second kappa shape index (κ2) is 6.65. The number of aryl methyl sites for hydroxylation is 1. The lowest BCUT2D eigenvalue weighted by molar-refractivity contribution is -0.119. The molecule has 21 heavy (non-hydrogen) atoms. The average molecular weight is 327 g/mol. The van der Waals surface area contributed by atoms with E-state index in [2.05, 4.69) is 10.3 Å². The Hall–Kier alpha value is -1.98. The zero-order valence-corrected chi connectivity index (χ0v) is 12.6. The normalized spacial score (nSPS) is 10.2. The number of anilines is 1. The lowest BCUT2D eigenvalue weighted by atomic mass is 10.2. The molecule has 5 nitrogen and oxygen atoms in total. The molecular formula is C14H12Cl2N2O3. The molecule has 1 heterocycles. The summed E-state index contributed by atoms with van der Waals surface area (Å²) in [6, 6.07) is 6.58. The van der Waals surface area contributed by atoms with Gasteiger partial charge in [0.2, 0.25) is 0 Å². The van der Waals surface area contributed by atoms with Gasteiger partial charge in [0.25, 0.3) is 5.91 Å². The topological polar surface area (TPSA) is 71.2 Å². The number of hydrogen-bond donors (Lipinski definition) is 2. The monoisotopic (exact) mass is 326 g/mol. The fraction of sp³-hybridized carbons (Fsp3) is 0.143. The Kier molecular flexibility index (Phi) is 4.88. The van der Waals surface area contributed by atoms with Gasteiger partial charge in [-0.1, -0.05) is 29.3 Å². The van der Waals surface area contributed by atoms with Crippen LogP contribution in [0, 0.1) is 6.92 Å². The number of carbonyl (C=O) groups is 2. The maximum absolute atomic E-state index is 11.8. The van der Waals surface area contributed by atoms with E-state index in [4.69, 9.17) is 27.9 Å². The van der Waals surface area contributed by atoms with E-state index in [1.807, 2.05) is 0 Å². The smallest absolute Gasteiger partial charge is 0.355 e. The van der Waals surface area contributed by atoms with E-state index in [-0.39, 0.29) is 5.69 Å². The van der Waals surface area contributed by atoms with Gasteiger partial charge in [0.05, 0.1) is 15.7 Å². The number of nitrogens with one attached hydrogen (secondary N) is 2. The second-order valence-electron chi connectivity index (χ2n) is 4.26. The van der Waals surface area contributed by atoms with Crippen LogP contribution in [0.4, 0.5) is 5.69 Å². The highest BCUT2D eigenvalue weighted by molar-refractivity contribution is 6.40. The van der Waals surface area contributed by atoms with E-state index < -0.39 is 18.5 Å². The molecule has 1 amide bonds. The number of aromatic amines is 1. The van der Waals surface area contributed by atoms with Crippen LogP contribution in [0.15, 0.2) is 30.5 Å². The van der Waals surface area contributed by atoms with Crippen LogP contribution >= 0.6 is 23.2 Å². The van der Waals surface area contributed by atoms with Crippen molar-refractivity contribution in [1.82, 2.24) is 4.98 Å². The highest BCUT2D eigenvalue weighted by atomic mass is 35.5. The number of rotatable bonds is 4. The third kappa shape index (κ3) is 3.77. The van der Waals surface area contributed by atoms with Gasteiger partial charge in [-0.2, -0.15) is 0 Å². The molecule has 0 spiro atoms. The van der Waals surface area contributed by atoms with Crippen molar-refractivity contribution in [3.63, 3.8) is 0 Å². The van der Waals surface area contributed by atoms with E-state index in [9.17, 15) is 9.59 Å². The summed E-state index contributed by atoms with van der Waals surface area (Å²) in [6.07, 6.45) is 1.59. The summed E-state index contributed by atoms with van der Waals surface area (Å²) < 4.78 is 4.86. The number of H-pyrrole nitrogens is 1. The van der Waals surface area contributed by atoms with Crippen LogP contribution in [-0.2, 0) is 9.53 Å². The first-order valence-electron chi connectivity index (χ1n) is 6.04. The van der Waals surface area contributed by atoms with Crippen molar-refractivity contribution in [2.75, 3.05) is 11.9 Å². The maximum atomic E-state index is 11.8. The van der Waals surface area contributed by atoms with Crippen LogP contribution in [0.3, 0.4) is 0 Å². The number of ether oxygens (including phenoxy) is 1. The third-order valence-corrected chi connectivity index (χ3v) is 3.50. The molecule has 2 N–H and O–H groups in total. The summed E-state index contributed by atoms with van der Waals surface area (Å²) in [6.45, 7) is 1.36. The van der Waals surface area contributed by atoms with Crippen LogP contribution in [0.5, 0.6) is 0 Å². The highest BCUT2D eigenvalue weighted by Crippen LogP contribution is 2.32. The molecule has 1 aromatic carbocycles. The number of carbonyl (C=O) groups excluding carboxylic acids is 2. The molecular weight excluding hydrogens is 315 g/mol. The molecule has 7 heteroatoms. The lowest BCUT2D eigenvalue weighted by Gasteiger charge is -2.11. The zero-order chi connectivity index (χ0) is 15.4. The highest BCUT2D eigenvalue weighted by Gasteiger charge is 2.14. The van der Waals surface area contributed by atoms with E-state index in [1.165, 1.54) is 0 Å². The minimum absolute atomic E-state index is 0.273. The molecule has 0 fully saturated rings. The number of aromatic nitrogens is 1. The summed E-state index contributed by atoms with van der Waals surface area (Å²) in [5, 5.41) is 3.20. The summed E-state index contributed by atoms with van der Waals surface area (Å²) in [4.78, 5) is 26.0. The predicted octanol–water partition coefficient (Wildman–Crippen LogP) is 3.43. The first-order valence-corrected chi connectivity index (χ1v) is 6.79. The SMILES string of the molecule is Cc1ccc(Cl)c(NC(=O)COC(=O)c2ccc[nH]2)c1Cl. The predicted molar refractivity (Wildman–Crippen MR) is 80.9 cm³/mol. The van der Waals surface area contributed by atoms with Gasteiger partial charge in [0.1, 0.15) is 5.69 Å². The zero-order valence-electron chi connectivity index (χ0n) is 11.1.